The van der Waals surface area contributed by atoms with Gasteiger partial charge in [0.05, 0.1) is 18.6 Å². The van der Waals surface area contributed by atoms with E-state index in [0.717, 1.165) is 17.5 Å². The fraction of sp³-hybridized carbons (Fsp3) is 0.391. The van der Waals surface area contributed by atoms with E-state index in [0.29, 0.717) is 6.42 Å². The molecule has 3 atom stereocenters. The molecule has 0 unspecified atom stereocenters. The average Bonchev–Trinajstić information content (AvgIpc) is 3.24. The summed E-state index contributed by atoms with van der Waals surface area (Å²) in [6, 6.07) is 16.0. The molecule has 2 aromatic carbocycles. The van der Waals surface area contributed by atoms with Gasteiger partial charge in [0.15, 0.2) is 0 Å². The number of ether oxygens (including phenoxy) is 2. The molecule has 0 radical (unpaired) electrons. The van der Waals surface area contributed by atoms with Crippen molar-refractivity contribution in [3.05, 3.63) is 59.7 Å². The van der Waals surface area contributed by atoms with E-state index in [4.69, 9.17) is 14.6 Å². The molecule has 0 aromatic heterocycles. The molecule has 4 rings (SSSR count). The Kier molecular flexibility index (Phi) is 5.53. The van der Waals surface area contributed by atoms with Gasteiger partial charge >= 0.3 is 12.1 Å². The molecule has 0 aliphatic heterocycles. The Morgan fingerprint density at radius 2 is 1.66 bits per heavy atom. The van der Waals surface area contributed by atoms with Crippen molar-refractivity contribution in [2.45, 2.75) is 37.3 Å². The molecule has 2 aliphatic rings. The lowest BCUT2D eigenvalue weighted by molar-refractivity contribution is -0.138. The quantitative estimate of drug-likeness (QED) is 0.777. The summed E-state index contributed by atoms with van der Waals surface area (Å²) in [6.45, 7) is 0.230. The van der Waals surface area contributed by atoms with Crippen molar-refractivity contribution in [2.75, 3.05) is 13.7 Å². The molecule has 6 nitrogen and oxygen atoms in total. The predicted molar refractivity (Wildman–Crippen MR) is 108 cm³/mol. The van der Waals surface area contributed by atoms with Gasteiger partial charge in [0.25, 0.3) is 0 Å². The first-order chi connectivity index (χ1) is 14.1. The molecule has 0 saturated heterocycles. The summed E-state index contributed by atoms with van der Waals surface area (Å²) in [6.07, 6.45) is 0.715. The van der Waals surface area contributed by atoms with Crippen LogP contribution in [-0.4, -0.2) is 43.0 Å². The zero-order valence-electron chi connectivity index (χ0n) is 16.3. The second-order valence-electron chi connectivity index (χ2n) is 7.71. The first-order valence-corrected chi connectivity index (χ1v) is 9.94. The Morgan fingerprint density at radius 3 is 2.24 bits per heavy atom. The first-order valence-electron chi connectivity index (χ1n) is 9.94. The highest BCUT2D eigenvalue weighted by molar-refractivity contribution is 5.79. The monoisotopic (exact) mass is 395 g/mol. The van der Waals surface area contributed by atoms with Crippen molar-refractivity contribution >= 4 is 12.1 Å². The van der Waals surface area contributed by atoms with E-state index >= 15 is 0 Å². The Balaban J connectivity index is 1.44. The number of carbonyl (C=O) groups is 2. The lowest BCUT2D eigenvalue weighted by Crippen LogP contribution is -2.45. The van der Waals surface area contributed by atoms with Gasteiger partial charge in [-0.15, -0.1) is 0 Å². The average molecular weight is 395 g/mol. The maximum Gasteiger partial charge on any atom is 0.407 e. The van der Waals surface area contributed by atoms with Crippen LogP contribution in [0.1, 0.15) is 36.3 Å². The van der Waals surface area contributed by atoms with Crippen molar-refractivity contribution in [3.63, 3.8) is 0 Å². The third-order valence-corrected chi connectivity index (χ3v) is 6.10. The van der Waals surface area contributed by atoms with Crippen LogP contribution in [0.25, 0.3) is 11.1 Å². The number of rotatable bonds is 6. The molecular weight excluding hydrogens is 370 g/mol. The highest BCUT2D eigenvalue weighted by atomic mass is 16.5. The fourth-order valence-electron chi connectivity index (χ4n) is 4.75. The third-order valence-electron chi connectivity index (χ3n) is 6.10. The zero-order valence-corrected chi connectivity index (χ0v) is 16.3. The second kappa shape index (κ2) is 8.25. The number of hydrogen-bond acceptors (Lipinski definition) is 4. The van der Waals surface area contributed by atoms with Crippen LogP contribution in [0, 0.1) is 5.92 Å². The molecule has 2 aliphatic carbocycles. The summed E-state index contributed by atoms with van der Waals surface area (Å²) in [5.41, 5.74) is 4.66. The number of alkyl carbamates (subject to hydrolysis) is 1. The number of hydrogen-bond donors (Lipinski definition) is 2. The molecule has 0 bridgehead atoms. The minimum absolute atomic E-state index is 0.00812. The molecule has 1 amide bonds. The van der Waals surface area contributed by atoms with Crippen LogP contribution in [0.3, 0.4) is 0 Å². The van der Waals surface area contributed by atoms with Crippen LogP contribution < -0.4 is 5.32 Å². The van der Waals surface area contributed by atoms with Gasteiger partial charge in [-0.1, -0.05) is 48.5 Å². The lowest BCUT2D eigenvalue weighted by Gasteiger charge is -2.24. The Bertz CT molecular complexity index is 866. The van der Waals surface area contributed by atoms with Crippen molar-refractivity contribution < 1.29 is 24.2 Å². The number of nitrogens with one attached hydrogen (secondary N) is 1. The summed E-state index contributed by atoms with van der Waals surface area (Å²) in [4.78, 5) is 23.7. The Morgan fingerprint density at radius 1 is 1.03 bits per heavy atom. The van der Waals surface area contributed by atoms with Crippen LogP contribution in [0.2, 0.25) is 0 Å². The van der Waals surface area contributed by atoms with E-state index in [1.807, 2.05) is 24.3 Å². The van der Waals surface area contributed by atoms with E-state index in [9.17, 15) is 9.59 Å². The molecular formula is C23H25NO5. The summed E-state index contributed by atoms with van der Waals surface area (Å²) < 4.78 is 11.0. The van der Waals surface area contributed by atoms with Crippen LogP contribution in [0.5, 0.6) is 0 Å². The maximum absolute atomic E-state index is 12.5. The van der Waals surface area contributed by atoms with Crippen molar-refractivity contribution in [1.82, 2.24) is 5.32 Å². The Hall–Kier alpha value is -2.86. The molecule has 6 heteroatoms. The Labute approximate surface area is 169 Å². The fourth-order valence-corrected chi connectivity index (χ4v) is 4.75. The van der Waals surface area contributed by atoms with E-state index < -0.39 is 12.1 Å². The highest BCUT2D eigenvalue weighted by Crippen LogP contribution is 2.44. The number of amides is 1. The van der Waals surface area contributed by atoms with Gasteiger partial charge in [0.1, 0.15) is 6.61 Å². The van der Waals surface area contributed by atoms with Gasteiger partial charge in [-0.3, -0.25) is 4.79 Å². The van der Waals surface area contributed by atoms with Crippen LogP contribution in [0.4, 0.5) is 4.79 Å². The molecule has 2 N–H and O–H groups in total. The minimum atomic E-state index is -0.869. The van der Waals surface area contributed by atoms with Gasteiger partial charge < -0.3 is 19.9 Å². The number of carboxylic acids is 1. The zero-order chi connectivity index (χ0) is 20.4. The highest BCUT2D eigenvalue weighted by Gasteiger charge is 2.39. The summed E-state index contributed by atoms with van der Waals surface area (Å²) >= 11 is 0. The van der Waals surface area contributed by atoms with Gasteiger partial charge in [0, 0.05) is 13.0 Å². The van der Waals surface area contributed by atoms with Gasteiger partial charge in [-0.2, -0.15) is 0 Å². The molecule has 0 heterocycles. The van der Waals surface area contributed by atoms with E-state index in [-0.39, 0.29) is 37.0 Å². The normalized spacial score (nSPS) is 22.7. The summed E-state index contributed by atoms with van der Waals surface area (Å²) in [7, 11) is 1.58. The standard InChI is InChI=1S/C23H25NO5/c1-28-20-11-10-14(12-21(25)26)22(20)24-23(27)29-13-19-17-8-4-2-6-15(17)16-7-3-5-9-18(16)19/h2-9,14,19-20,22H,10-13H2,1H3,(H,24,27)(H,25,26)/t14-,20-,22-/m0/s1. The predicted octanol–water partition coefficient (Wildman–Crippen LogP) is 3.79. The molecule has 1 fully saturated rings. The van der Waals surface area contributed by atoms with Crippen LogP contribution in [-0.2, 0) is 14.3 Å². The van der Waals surface area contributed by atoms with Crippen molar-refractivity contribution in [1.29, 1.82) is 0 Å². The molecule has 2 aromatic rings. The minimum Gasteiger partial charge on any atom is -0.481 e. The second-order valence-corrected chi connectivity index (χ2v) is 7.71. The van der Waals surface area contributed by atoms with Crippen LogP contribution in [0.15, 0.2) is 48.5 Å². The van der Waals surface area contributed by atoms with Crippen molar-refractivity contribution in [2.24, 2.45) is 5.92 Å². The smallest absolute Gasteiger partial charge is 0.407 e. The number of fused-ring (bicyclic) bond motifs is 3. The van der Waals surface area contributed by atoms with E-state index in [2.05, 4.69) is 29.6 Å². The number of carbonyl (C=O) groups excluding carboxylic acids is 1. The largest absolute Gasteiger partial charge is 0.481 e. The molecule has 0 spiro atoms. The molecule has 1 saturated carbocycles. The topological polar surface area (TPSA) is 84.9 Å². The van der Waals surface area contributed by atoms with Crippen LogP contribution >= 0.6 is 0 Å². The summed E-state index contributed by atoms with van der Waals surface area (Å²) in [5.74, 6) is -1.03. The number of benzene rings is 2. The first kappa shape index (κ1) is 19.5. The van der Waals surface area contributed by atoms with E-state index in [1.54, 1.807) is 7.11 Å². The SMILES string of the molecule is CO[C@H]1CC[C@@H](CC(=O)O)[C@@H]1NC(=O)OCC1c2ccccc2-c2ccccc21. The molecule has 152 valence electrons. The molecule has 29 heavy (non-hydrogen) atoms. The van der Waals surface area contributed by atoms with Gasteiger partial charge in [-0.25, -0.2) is 4.79 Å². The number of aliphatic carboxylic acids is 1. The van der Waals surface area contributed by atoms with Gasteiger partial charge in [0.2, 0.25) is 0 Å². The number of methoxy groups -OCH3 is 1. The van der Waals surface area contributed by atoms with E-state index in [1.165, 1.54) is 11.1 Å². The maximum atomic E-state index is 12.5. The van der Waals surface area contributed by atoms with Gasteiger partial charge in [-0.05, 0) is 41.0 Å². The van der Waals surface area contributed by atoms with Crippen molar-refractivity contribution in [3.8, 4) is 11.1 Å². The summed E-state index contributed by atoms with van der Waals surface area (Å²) in [5, 5.41) is 12.0. The number of carboxylic acid groups (broad SMARTS) is 1. The third kappa shape index (κ3) is 3.85. The lowest BCUT2D eigenvalue weighted by atomic mass is 9.98.